The van der Waals surface area contributed by atoms with Crippen LogP contribution in [0.25, 0.3) is 11.2 Å². The summed E-state index contributed by atoms with van der Waals surface area (Å²) in [5.41, 5.74) is -0.620. The first-order valence-corrected chi connectivity index (χ1v) is 28.8. The Kier molecular flexibility index (Phi) is 23.8. The number of aromatic nitrogens is 12. The molecule has 6 aromatic heterocycles. The highest BCUT2D eigenvalue weighted by Crippen LogP contribution is 2.51. The fraction of sp³-hybridized carbons (Fsp3) is 0.471. The van der Waals surface area contributed by atoms with E-state index in [1.807, 2.05) is 65.5 Å². The summed E-state index contributed by atoms with van der Waals surface area (Å²) in [5, 5.41) is 2.25. The lowest BCUT2D eigenvalue weighted by atomic mass is 10.1. The number of anilines is 1. The van der Waals surface area contributed by atoms with Gasteiger partial charge in [0.15, 0.2) is 37.8 Å². The number of hydrogen-bond donors (Lipinski definition) is 5. The second-order valence-corrected chi connectivity index (χ2v) is 27.8. The third kappa shape index (κ3) is 17.0. The van der Waals surface area contributed by atoms with E-state index in [0.717, 1.165) is 0 Å². The van der Waals surface area contributed by atoms with Crippen molar-refractivity contribution in [2.24, 2.45) is 5.92 Å². The van der Waals surface area contributed by atoms with Gasteiger partial charge < -0.3 is 14.1 Å². The number of aromatic amines is 2. The second kappa shape index (κ2) is 26.8. The van der Waals surface area contributed by atoms with Gasteiger partial charge in [-0.1, -0.05) is 83.2 Å². The Labute approximate surface area is 395 Å². The van der Waals surface area contributed by atoms with Crippen molar-refractivity contribution in [2.75, 3.05) is 11.9 Å². The van der Waals surface area contributed by atoms with Crippen molar-refractivity contribution >= 4 is 95.9 Å². The number of nitrogens with one attached hydrogen (secondary N) is 3. The van der Waals surface area contributed by atoms with E-state index in [4.69, 9.17) is 56.8 Å². The molecule has 7 heterocycles. The quantitative estimate of drug-likeness (QED) is 0.0533. The Balaban J connectivity index is 0.000000436. The van der Waals surface area contributed by atoms with Gasteiger partial charge in [0, 0.05) is 64.6 Å². The number of fused-ring (bicyclic) bond motifs is 1. The summed E-state index contributed by atoms with van der Waals surface area (Å²) in [4.78, 5) is 73.3. The van der Waals surface area contributed by atoms with E-state index in [0.29, 0.717) is 0 Å². The predicted molar refractivity (Wildman–Crippen MR) is 254 cm³/mol. The summed E-state index contributed by atoms with van der Waals surface area (Å²) in [5.74, 6) is -2.06. The maximum absolute atomic E-state index is 12.7. The van der Waals surface area contributed by atoms with Crippen LogP contribution in [0.5, 0.6) is 0 Å². The highest BCUT2D eigenvalue weighted by atomic mass is 36.0. The average molecular weight is 1060 g/mol. The molecule has 1 fully saturated rings. The molecule has 1 amide bonds. The van der Waals surface area contributed by atoms with Crippen molar-refractivity contribution < 1.29 is 41.9 Å². The van der Waals surface area contributed by atoms with Crippen LogP contribution in [-0.4, -0.2) is 106 Å². The number of carbonyl (C=O) groups is 1. The second-order valence-electron chi connectivity index (χ2n) is 14.7. The summed E-state index contributed by atoms with van der Waals surface area (Å²) < 4.78 is 53.3. The van der Waals surface area contributed by atoms with E-state index in [1.54, 1.807) is 70.1 Å². The predicted octanol–water partition coefficient (Wildman–Crippen LogP) is 8.76. The summed E-state index contributed by atoms with van der Waals surface area (Å²) in [6, 6.07) is 0. The lowest BCUT2D eigenvalue weighted by Crippen LogP contribution is -2.49. The molecule has 0 aliphatic carbocycles. The van der Waals surface area contributed by atoms with Crippen molar-refractivity contribution in [3.63, 3.8) is 0 Å². The fourth-order valence-electron chi connectivity index (χ4n) is 5.16. The normalized spacial score (nSPS) is 17.5. The van der Waals surface area contributed by atoms with E-state index in [-0.39, 0.29) is 48.8 Å². The van der Waals surface area contributed by atoms with Crippen LogP contribution in [0, 0.1) is 5.92 Å². The molecular formula is C34H54Cl3N13O10P4Si+2. The molecular weight excluding hydrogens is 1010 g/mol. The van der Waals surface area contributed by atoms with Gasteiger partial charge in [-0.3, -0.25) is 37.5 Å². The summed E-state index contributed by atoms with van der Waals surface area (Å²) in [7, 11) is -9.47. The third-order valence-corrected chi connectivity index (χ3v) is 16.3. The minimum Gasteiger partial charge on any atom is -0.406 e. The number of ether oxygens (including phenoxy) is 1. The number of halogens is 3. The maximum atomic E-state index is 12.7. The first-order chi connectivity index (χ1) is 29.7. The topological polar surface area (TPSA) is 286 Å². The Morgan fingerprint density at radius 3 is 1.89 bits per heavy atom. The SMILES string of the molecule is C.C.CC(C)C(=O)Nc1nc2c(ncn2C2OC(CO[P+](=O)O)C(O[P+](=O)O)C2O[Si](C)(C)C(C)(C)C)c(=O)[nH]1.ClP(Cl)Cl.c1c[nH]cn1.c1cn(P(n2ccnc2)n2ccnc2)cn1. The molecule has 7 rings (SSSR count). The molecule has 1 aliphatic heterocycles. The highest BCUT2D eigenvalue weighted by Gasteiger charge is 2.55. The van der Waals surface area contributed by atoms with Gasteiger partial charge in [0.2, 0.25) is 20.2 Å². The lowest BCUT2D eigenvalue weighted by molar-refractivity contribution is -0.118. The van der Waals surface area contributed by atoms with Crippen LogP contribution in [0.15, 0.2) is 86.0 Å². The number of H-pyrrole nitrogens is 2. The van der Waals surface area contributed by atoms with E-state index in [1.165, 1.54) is 10.9 Å². The Morgan fingerprint density at radius 2 is 1.49 bits per heavy atom. The van der Waals surface area contributed by atoms with Crippen LogP contribution in [0.2, 0.25) is 18.1 Å². The molecule has 1 aliphatic rings. The fourth-order valence-corrected chi connectivity index (χ4v) is 8.89. The van der Waals surface area contributed by atoms with E-state index >= 15 is 0 Å². The van der Waals surface area contributed by atoms with Gasteiger partial charge in [0.1, 0.15) is 37.8 Å². The molecule has 1 saturated heterocycles. The zero-order valence-corrected chi connectivity index (χ0v) is 41.5. The van der Waals surface area contributed by atoms with E-state index < -0.39 is 75.9 Å². The minimum atomic E-state index is -3.13. The van der Waals surface area contributed by atoms with Crippen molar-refractivity contribution in [1.29, 1.82) is 0 Å². The van der Waals surface area contributed by atoms with Crippen LogP contribution in [0.3, 0.4) is 0 Å². The van der Waals surface area contributed by atoms with Gasteiger partial charge in [0.05, 0.1) is 12.7 Å². The number of imidazole rings is 5. The smallest absolute Gasteiger partial charge is 0.406 e. The molecule has 0 spiro atoms. The molecule has 6 aromatic rings. The summed E-state index contributed by atoms with van der Waals surface area (Å²) in [6.07, 6.45) is 18.5. The number of amides is 1. The largest absolute Gasteiger partial charge is 0.695 e. The van der Waals surface area contributed by atoms with Crippen molar-refractivity contribution in [3.8, 4) is 0 Å². The zero-order valence-electron chi connectivity index (χ0n) is 34.7. The average Bonchev–Trinajstić information content (AvgIpc) is 4.04. The lowest BCUT2D eigenvalue weighted by Gasteiger charge is -2.39. The van der Waals surface area contributed by atoms with Gasteiger partial charge in [-0.2, -0.15) is 4.98 Å². The number of carbonyl (C=O) groups excluding carboxylic acids is 1. The summed E-state index contributed by atoms with van der Waals surface area (Å²) in [6.45, 7) is 12.8. The van der Waals surface area contributed by atoms with Crippen molar-refractivity contribution in [1.82, 2.24) is 57.5 Å². The van der Waals surface area contributed by atoms with Gasteiger partial charge in [0.25, 0.3) is 5.56 Å². The molecule has 0 aromatic carbocycles. The van der Waals surface area contributed by atoms with Crippen LogP contribution in [0.4, 0.5) is 5.95 Å². The molecule has 31 heteroatoms. The molecule has 0 saturated carbocycles. The molecule has 23 nitrogen and oxygen atoms in total. The Hall–Kier alpha value is -3.43. The number of nitrogens with zero attached hydrogens (tertiary/aromatic N) is 10. The molecule has 358 valence electrons. The van der Waals surface area contributed by atoms with E-state index in [9.17, 15) is 23.6 Å². The Morgan fingerprint density at radius 1 is 0.938 bits per heavy atom. The first kappa shape index (κ1) is 57.7. The van der Waals surface area contributed by atoms with Gasteiger partial charge in [-0.25, -0.2) is 24.9 Å². The molecule has 0 bridgehead atoms. The third-order valence-electron chi connectivity index (χ3n) is 9.05. The van der Waals surface area contributed by atoms with Crippen molar-refractivity contribution in [2.45, 2.75) is 92.1 Å². The van der Waals surface area contributed by atoms with Crippen LogP contribution < -0.4 is 10.9 Å². The zero-order chi connectivity index (χ0) is 46.5. The monoisotopic (exact) mass is 1060 g/mol. The molecule has 5 N–H and O–H groups in total. The minimum absolute atomic E-state index is 0. The van der Waals surface area contributed by atoms with Crippen LogP contribution in [-0.2, 0) is 32.1 Å². The number of hydrogen-bond acceptors (Lipinski definition) is 14. The number of rotatable bonds is 13. The van der Waals surface area contributed by atoms with Gasteiger partial charge in [-0.05, 0) is 18.1 Å². The van der Waals surface area contributed by atoms with Gasteiger partial charge in [-0.15, -0.1) is 18.8 Å². The standard InChI is InChI=1S/C20H31N5O10P2Si.C9H9N6P.C3H4N2.2CH4.Cl3P/c1-10(2)16(26)23-19-22-15-12(17(27)24-19)21-9-25(15)18-14(35-38(6,7)20(3,4)5)13(34-37(30)31)11(33-18)8-32-36(28)29;1-4-13(7-10-1)16(14-5-2-11-8-14)15-6-3-12-9-15;1-2-5-3-4-1;;;1-4(2)3/h9-11,13-14,18H,8H2,1-7H3,(H2-2,22,23,24,26,27,28,29,30,31);1-9H;1-3H,(H,4,5);2*1H4;/p+2. The highest BCUT2D eigenvalue weighted by molar-refractivity contribution is 8.20. The summed E-state index contributed by atoms with van der Waals surface area (Å²) >= 11 is 14.6. The molecule has 65 heavy (non-hydrogen) atoms. The first-order valence-electron chi connectivity index (χ1n) is 18.4. The maximum Gasteiger partial charge on any atom is 0.695 e. The van der Waals surface area contributed by atoms with Crippen molar-refractivity contribution in [3.05, 3.63) is 91.6 Å². The van der Waals surface area contributed by atoms with Crippen LogP contribution >= 0.6 is 64.6 Å². The van der Waals surface area contributed by atoms with E-state index in [2.05, 4.69) is 45.2 Å². The van der Waals surface area contributed by atoms with Crippen LogP contribution in [0.1, 0.15) is 55.7 Å². The Bertz CT molecular complexity index is 2270. The van der Waals surface area contributed by atoms with Gasteiger partial charge >= 0.3 is 16.5 Å². The molecule has 0 radical (unpaired) electrons. The molecule has 6 atom stereocenters. The molecule has 6 unspecified atom stereocenters.